The van der Waals surface area contributed by atoms with Crippen LogP contribution < -0.4 is 5.73 Å². The topological polar surface area (TPSA) is 46.2 Å². The van der Waals surface area contributed by atoms with E-state index in [0.29, 0.717) is 15.7 Å². The zero-order valence-corrected chi connectivity index (χ0v) is 11.6. The van der Waals surface area contributed by atoms with E-state index in [2.05, 4.69) is 6.92 Å². The van der Waals surface area contributed by atoms with Gasteiger partial charge in [0.1, 0.15) is 0 Å². The van der Waals surface area contributed by atoms with E-state index >= 15 is 0 Å². The Hall–Kier alpha value is -0.440. The van der Waals surface area contributed by atoms with Gasteiger partial charge in [-0.25, -0.2) is 0 Å². The third-order valence-corrected chi connectivity index (χ3v) is 3.44. The summed E-state index contributed by atoms with van der Waals surface area (Å²) in [5, 5.41) is 10.8. The minimum Gasteiger partial charge on any atom is -0.396 e. The summed E-state index contributed by atoms with van der Waals surface area (Å²) in [5.41, 5.74) is 6.76. The Morgan fingerprint density at radius 3 is 2.29 bits per heavy atom. The van der Waals surface area contributed by atoms with Crippen molar-refractivity contribution in [3.05, 3.63) is 27.7 Å². The fourth-order valence-corrected chi connectivity index (χ4v) is 2.23. The molecule has 1 aromatic rings. The van der Waals surface area contributed by atoms with Gasteiger partial charge in [-0.15, -0.1) is 0 Å². The number of unbranched alkanes of at least 4 members (excludes halogenated alkanes) is 3. The molecular weight excluding hydrogens is 257 g/mol. The highest BCUT2D eigenvalue weighted by Gasteiger charge is 2.11. The van der Waals surface area contributed by atoms with Crippen molar-refractivity contribution in [1.82, 2.24) is 0 Å². The predicted octanol–water partition coefficient (Wildman–Crippen LogP) is 4.58. The molecule has 0 spiro atoms. The average Bonchev–Trinajstić information content (AvgIpc) is 2.30. The lowest BCUT2D eigenvalue weighted by Gasteiger charge is -2.13. The zero-order chi connectivity index (χ0) is 12.8. The Balaban J connectivity index is 2.60. The van der Waals surface area contributed by atoms with Gasteiger partial charge in [-0.05, 0) is 24.1 Å². The maximum Gasteiger partial charge on any atom is 0.0791 e. The molecule has 0 aliphatic heterocycles. The monoisotopic (exact) mass is 275 g/mol. The number of halogens is 2. The molecule has 0 saturated heterocycles. The highest BCUT2D eigenvalue weighted by molar-refractivity contribution is 6.38. The molecule has 0 heterocycles. The molecule has 1 aromatic carbocycles. The van der Waals surface area contributed by atoms with Gasteiger partial charge in [-0.1, -0.05) is 55.8 Å². The second kappa shape index (κ2) is 7.10. The average molecular weight is 276 g/mol. The summed E-state index contributed by atoms with van der Waals surface area (Å²) in [4.78, 5) is 0. The molecular formula is C13H19Cl2NO. The quantitative estimate of drug-likeness (QED) is 0.590. The fourth-order valence-electron chi connectivity index (χ4n) is 1.73. The lowest BCUT2D eigenvalue weighted by molar-refractivity contribution is 0.163. The minimum atomic E-state index is -0.512. The molecule has 0 amide bonds. The van der Waals surface area contributed by atoms with E-state index in [1.54, 1.807) is 12.1 Å². The number of nitrogens with two attached hydrogens (primary N) is 1. The molecule has 17 heavy (non-hydrogen) atoms. The van der Waals surface area contributed by atoms with Crippen molar-refractivity contribution in [2.24, 2.45) is 0 Å². The highest BCUT2D eigenvalue weighted by atomic mass is 35.5. The molecule has 0 bridgehead atoms. The van der Waals surface area contributed by atoms with Crippen molar-refractivity contribution in [2.45, 2.75) is 45.1 Å². The Morgan fingerprint density at radius 2 is 1.76 bits per heavy atom. The van der Waals surface area contributed by atoms with Gasteiger partial charge in [0.05, 0.1) is 21.8 Å². The van der Waals surface area contributed by atoms with Gasteiger partial charge in [-0.3, -0.25) is 0 Å². The summed E-state index contributed by atoms with van der Waals surface area (Å²) in [7, 11) is 0. The molecule has 0 saturated carbocycles. The van der Waals surface area contributed by atoms with Gasteiger partial charge in [0.25, 0.3) is 0 Å². The maximum absolute atomic E-state index is 10.0. The molecule has 3 N–H and O–H groups in total. The molecule has 96 valence electrons. The van der Waals surface area contributed by atoms with E-state index in [-0.39, 0.29) is 0 Å². The summed E-state index contributed by atoms with van der Waals surface area (Å²) >= 11 is 11.9. The smallest absolute Gasteiger partial charge is 0.0791 e. The largest absolute Gasteiger partial charge is 0.396 e. The van der Waals surface area contributed by atoms with Crippen LogP contribution in [-0.4, -0.2) is 5.11 Å². The molecule has 1 rings (SSSR count). The summed E-state index contributed by atoms with van der Waals surface area (Å²) < 4.78 is 0. The van der Waals surface area contributed by atoms with Crippen LogP contribution in [0.15, 0.2) is 12.1 Å². The minimum absolute atomic E-state index is 0.371. The molecule has 1 unspecified atom stereocenters. The first kappa shape index (κ1) is 14.6. The normalized spacial score (nSPS) is 12.7. The van der Waals surface area contributed by atoms with Crippen molar-refractivity contribution in [1.29, 1.82) is 0 Å². The Labute approximate surface area is 113 Å². The Morgan fingerprint density at radius 1 is 1.18 bits per heavy atom. The van der Waals surface area contributed by atoms with Crippen molar-refractivity contribution in [3.63, 3.8) is 0 Å². The number of benzene rings is 1. The Bertz CT molecular complexity index is 345. The van der Waals surface area contributed by atoms with E-state index in [4.69, 9.17) is 28.9 Å². The van der Waals surface area contributed by atoms with Gasteiger partial charge in [0.15, 0.2) is 0 Å². The number of aliphatic hydroxyl groups excluding tert-OH is 1. The van der Waals surface area contributed by atoms with Gasteiger partial charge >= 0.3 is 0 Å². The highest BCUT2D eigenvalue weighted by Crippen LogP contribution is 2.32. The molecule has 0 fully saturated rings. The third-order valence-electron chi connectivity index (χ3n) is 2.82. The molecule has 2 nitrogen and oxygen atoms in total. The molecule has 0 aliphatic rings. The van der Waals surface area contributed by atoms with Crippen molar-refractivity contribution in [2.75, 3.05) is 5.73 Å². The second-order valence-corrected chi connectivity index (χ2v) is 5.08. The van der Waals surface area contributed by atoms with Crippen molar-refractivity contribution in [3.8, 4) is 0 Å². The first-order chi connectivity index (χ1) is 8.06. The molecule has 4 heteroatoms. The fraction of sp³-hybridized carbons (Fsp3) is 0.538. The van der Waals surface area contributed by atoms with Crippen LogP contribution in [0.2, 0.25) is 10.0 Å². The standard InChI is InChI=1S/C13H19Cl2NO/c1-2-3-4-5-6-12(17)9-7-10(14)13(16)11(15)8-9/h7-8,12,17H,2-6,16H2,1H3. The number of rotatable bonds is 6. The van der Waals surface area contributed by atoms with E-state index in [9.17, 15) is 5.11 Å². The number of hydrogen-bond donors (Lipinski definition) is 2. The van der Waals surface area contributed by atoms with Crippen LogP contribution >= 0.6 is 23.2 Å². The van der Waals surface area contributed by atoms with Gasteiger partial charge in [0.2, 0.25) is 0 Å². The number of aliphatic hydroxyl groups is 1. The van der Waals surface area contributed by atoms with Gasteiger partial charge in [0, 0.05) is 0 Å². The SMILES string of the molecule is CCCCCCC(O)c1cc(Cl)c(N)c(Cl)c1. The third kappa shape index (κ3) is 4.38. The molecule has 0 aromatic heterocycles. The zero-order valence-electron chi connectivity index (χ0n) is 10.0. The van der Waals surface area contributed by atoms with E-state index < -0.39 is 6.10 Å². The lowest BCUT2D eigenvalue weighted by atomic mass is 10.0. The van der Waals surface area contributed by atoms with E-state index in [1.165, 1.54) is 12.8 Å². The van der Waals surface area contributed by atoms with Crippen LogP contribution in [0.25, 0.3) is 0 Å². The van der Waals surface area contributed by atoms with Gasteiger partial charge < -0.3 is 10.8 Å². The predicted molar refractivity (Wildman–Crippen MR) is 74.6 cm³/mol. The molecule has 1 atom stereocenters. The Kier molecular flexibility index (Phi) is 6.10. The van der Waals surface area contributed by atoms with Crippen LogP contribution in [-0.2, 0) is 0 Å². The van der Waals surface area contributed by atoms with Crippen LogP contribution in [0.1, 0.15) is 50.7 Å². The molecule has 0 aliphatic carbocycles. The number of hydrogen-bond acceptors (Lipinski definition) is 2. The first-order valence-corrected chi connectivity index (χ1v) is 6.74. The van der Waals surface area contributed by atoms with Crippen molar-refractivity contribution < 1.29 is 5.11 Å². The summed E-state index contributed by atoms with van der Waals surface area (Å²) in [5.74, 6) is 0. The first-order valence-electron chi connectivity index (χ1n) is 5.98. The van der Waals surface area contributed by atoms with Crippen LogP contribution in [0.4, 0.5) is 5.69 Å². The van der Waals surface area contributed by atoms with E-state index in [1.807, 2.05) is 0 Å². The summed E-state index contributed by atoms with van der Waals surface area (Å²) in [6.07, 6.45) is 4.77. The second-order valence-electron chi connectivity index (χ2n) is 4.26. The van der Waals surface area contributed by atoms with Crippen molar-refractivity contribution >= 4 is 28.9 Å². The van der Waals surface area contributed by atoms with Crippen LogP contribution in [0.3, 0.4) is 0 Å². The summed E-state index contributed by atoms with van der Waals surface area (Å²) in [6.45, 7) is 2.16. The van der Waals surface area contributed by atoms with Crippen LogP contribution in [0.5, 0.6) is 0 Å². The van der Waals surface area contributed by atoms with E-state index in [0.717, 1.165) is 24.8 Å². The van der Waals surface area contributed by atoms with Crippen LogP contribution in [0, 0.1) is 0 Å². The number of anilines is 1. The number of nitrogen functional groups attached to an aromatic ring is 1. The van der Waals surface area contributed by atoms with Gasteiger partial charge in [-0.2, -0.15) is 0 Å². The lowest BCUT2D eigenvalue weighted by Crippen LogP contribution is -1.99. The summed E-state index contributed by atoms with van der Waals surface area (Å²) in [6, 6.07) is 3.38. The maximum atomic E-state index is 10.0. The molecule has 0 radical (unpaired) electrons.